The first-order chi connectivity index (χ1) is 15.3. The molecule has 0 bridgehead atoms. The highest BCUT2D eigenvalue weighted by Crippen LogP contribution is 2.34. The second-order valence-electron chi connectivity index (χ2n) is 7.93. The molecule has 0 aliphatic rings. The Bertz CT molecular complexity index is 1280. The van der Waals surface area contributed by atoms with E-state index in [4.69, 9.17) is 0 Å². The van der Waals surface area contributed by atoms with E-state index >= 15 is 0 Å². The van der Waals surface area contributed by atoms with E-state index in [0.29, 0.717) is 0 Å². The predicted octanol–water partition coefficient (Wildman–Crippen LogP) is 8.66. The van der Waals surface area contributed by atoms with Gasteiger partial charge in [-0.15, -0.1) is 0 Å². The van der Waals surface area contributed by atoms with E-state index in [1.165, 1.54) is 50.1 Å². The van der Waals surface area contributed by atoms with Crippen molar-refractivity contribution in [1.29, 1.82) is 0 Å². The summed E-state index contributed by atoms with van der Waals surface area (Å²) < 4.78 is 0. The summed E-state index contributed by atoms with van der Waals surface area (Å²) in [6.07, 6.45) is 0. The molecule has 0 spiro atoms. The normalized spacial score (nSPS) is 10.7. The smallest absolute Gasteiger partial charge is 0.0105 e. The van der Waals surface area contributed by atoms with Gasteiger partial charge in [-0.25, -0.2) is 0 Å². The van der Waals surface area contributed by atoms with E-state index in [2.05, 4.69) is 134 Å². The summed E-state index contributed by atoms with van der Waals surface area (Å²) in [6.45, 7) is 2.12. The summed E-state index contributed by atoms with van der Waals surface area (Å²) in [7, 11) is 0. The molecule has 0 aliphatic heterocycles. The third-order valence-corrected chi connectivity index (χ3v) is 5.81. The number of hydrogen-bond donors (Lipinski definition) is 0. The highest BCUT2D eigenvalue weighted by atomic mass is 14.1. The Morgan fingerprint density at radius 2 is 0.613 bits per heavy atom. The average Bonchev–Trinajstić information content (AvgIpc) is 2.85. The maximum atomic E-state index is 2.23. The van der Waals surface area contributed by atoms with Crippen molar-refractivity contribution in [1.82, 2.24) is 0 Å². The van der Waals surface area contributed by atoms with Gasteiger partial charge in [0.15, 0.2) is 0 Å². The Morgan fingerprint density at radius 1 is 0.290 bits per heavy atom. The largest absolute Gasteiger partial charge is 0.0622 e. The molecule has 0 N–H and O–H groups in total. The van der Waals surface area contributed by atoms with Gasteiger partial charge in [-0.05, 0) is 51.4 Å². The summed E-state index contributed by atoms with van der Waals surface area (Å²) in [5, 5.41) is 0. The summed E-state index contributed by atoms with van der Waals surface area (Å²) in [5.74, 6) is 0. The minimum Gasteiger partial charge on any atom is -0.0622 e. The van der Waals surface area contributed by atoms with Gasteiger partial charge >= 0.3 is 0 Å². The molecule has 0 fully saturated rings. The third kappa shape index (κ3) is 4.06. The second kappa shape index (κ2) is 8.45. The van der Waals surface area contributed by atoms with Gasteiger partial charge in [0, 0.05) is 0 Å². The Kier molecular flexibility index (Phi) is 5.21. The molecular weight excluding hydrogens is 372 g/mol. The SMILES string of the molecule is Cc1ccc(-c2ccc(-c3ccccc3-c3ccc(-c4ccccc4)cc3)cc2)cc1. The minimum atomic E-state index is 1.23. The maximum absolute atomic E-state index is 2.23. The van der Waals surface area contributed by atoms with Gasteiger partial charge in [-0.2, -0.15) is 0 Å². The fraction of sp³-hybridized carbons (Fsp3) is 0.0323. The van der Waals surface area contributed by atoms with Crippen molar-refractivity contribution in [2.24, 2.45) is 0 Å². The lowest BCUT2D eigenvalue weighted by Gasteiger charge is -2.12. The minimum absolute atomic E-state index is 1.23. The summed E-state index contributed by atoms with van der Waals surface area (Å²) >= 11 is 0. The van der Waals surface area contributed by atoms with Crippen LogP contribution in [-0.2, 0) is 0 Å². The van der Waals surface area contributed by atoms with E-state index in [1.54, 1.807) is 0 Å². The fourth-order valence-corrected chi connectivity index (χ4v) is 4.05. The van der Waals surface area contributed by atoms with E-state index in [0.717, 1.165) is 0 Å². The van der Waals surface area contributed by atoms with E-state index in [9.17, 15) is 0 Å². The van der Waals surface area contributed by atoms with Gasteiger partial charge in [0.05, 0.1) is 0 Å². The van der Waals surface area contributed by atoms with Crippen LogP contribution in [0.5, 0.6) is 0 Å². The number of aryl methyl sites for hydroxylation is 1. The van der Waals surface area contributed by atoms with Crippen molar-refractivity contribution < 1.29 is 0 Å². The molecule has 0 aliphatic carbocycles. The van der Waals surface area contributed by atoms with Crippen LogP contribution in [0, 0.1) is 6.92 Å². The van der Waals surface area contributed by atoms with Crippen LogP contribution in [0.2, 0.25) is 0 Å². The van der Waals surface area contributed by atoms with Crippen LogP contribution >= 0.6 is 0 Å². The molecule has 0 radical (unpaired) electrons. The summed E-state index contributed by atoms with van der Waals surface area (Å²) in [5.41, 5.74) is 11.2. The van der Waals surface area contributed by atoms with Crippen molar-refractivity contribution in [2.45, 2.75) is 6.92 Å². The molecule has 148 valence electrons. The van der Waals surface area contributed by atoms with Gasteiger partial charge in [0.25, 0.3) is 0 Å². The Morgan fingerprint density at radius 3 is 1.06 bits per heavy atom. The molecule has 0 atom stereocenters. The molecule has 0 amide bonds. The van der Waals surface area contributed by atoms with Gasteiger partial charge in [-0.3, -0.25) is 0 Å². The average molecular weight is 397 g/mol. The van der Waals surface area contributed by atoms with E-state index in [-0.39, 0.29) is 0 Å². The molecule has 0 heterocycles. The van der Waals surface area contributed by atoms with Gasteiger partial charge in [0.2, 0.25) is 0 Å². The van der Waals surface area contributed by atoms with E-state index in [1.807, 2.05) is 0 Å². The highest BCUT2D eigenvalue weighted by Gasteiger charge is 2.08. The molecule has 0 nitrogen and oxygen atoms in total. The van der Waals surface area contributed by atoms with Crippen LogP contribution in [0.3, 0.4) is 0 Å². The summed E-state index contributed by atoms with van der Waals surface area (Å²) in [6, 6.07) is 45.6. The van der Waals surface area contributed by atoms with Gasteiger partial charge in [0.1, 0.15) is 0 Å². The van der Waals surface area contributed by atoms with Crippen molar-refractivity contribution in [3.05, 3.63) is 133 Å². The molecule has 0 aromatic heterocycles. The van der Waals surface area contributed by atoms with E-state index < -0.39 is 0 Å². The van der Waals surface area contributed by atoms with Crippen molar-refractivity contribution in [3.8, 4) is 44.5 Å². The summed E-state index contributed by atoms with van der Waals surface area (Å²) in [4.78, 5) is 0. The zero-order valence-electron chi connectivity index (χ0n) is 17.6. The molecule has 5 aromatic carbocycles. The first-order valence-corrected chi connectivity index (χ1v) is 10.7. The van der Waals surface area contributed by atoms with Crippen LogP contribution in [0.4, 0.5) is 0 Å². The van der Waals surface area contributed by atoms with Gasteiger partial charge < -0.3 is 0 Å². The quantitative estimate of drug-likeness (QED) is 0.285. The highest BCUT2D eigenvalue weighted by molar-refractivity contribution is 5.85. The first kappa shape index (κ1) is 19.1. The standard InChI is InChI=1S/C31H24/c1-23-11-13-25(14-12-23)27-17-21-29(22-18-27)31-10-6-5-9-30(31)28-19-15-26(16-20-28)24-7-3-2-4-8-24/h2-22H,1H3. The second-order valence-corrected chi connectivity index (χ2v) is 7.93. The molecule has 0 heteroatoms. The number of hydrogen-bond acceptors (Lipinski definition) is 0. The molecule has 0 saturated heterocycles. The lowest BCUT2D eigenvalue weighted by Crippen LogP contribution is -1.86. The van der Waals surface area contributed by atoms with Crippen LogP contribution in [0.1, 0.15) is 5.56 Å². The topological polar surface area (TPSA) is 0 Å². The third-order valence-electron chi connectivity index (χ3n) is 5.81. The Balaban J connectivity index is 1.47. The van der Waals surface area contributed by atoms with Crippen LogP contribution in [0.15, 0.2) is 127 Å². The van der Waals surface area contributed by atoms with Crippen LogP contribution in [0.25, 0.3) is 44.5 Å². The monoisotopic (exact) mass is 396 g/mol. The maximum Gasteiger partial charge on any atom is -0.0105 e. The Labute approximate surface area is 184 Å². The van der Waals surface area contributed by atoms with Crippen molar-refractivity contribution in [3.63, 3.8) is 0 Å². The molecule has 31 heavy (non-hydrogen) atoms. The first-order valence-electron chi connectivity index (χ1n) is 10.7. The fourth-order valence-electron chi connectivity index (χ4n) is 4.05. The van der Waals surface area contributed by atoms with Crippen molar-refractivity contribution in [2.75, 3.05) is 0 Å². The number of rotatable bonds is 4. The molecule has 5 rings (SSSR count). The molecule has 5 aromatic rings. The molecule has 0 saturated carbocycles. The zero-order valence-corrected chi connectivity index (χ0v) is 17.6. The Hall–Kier alpha value is -3.90. The zero-order chi connectivity index (χ0) is 21.0. The van der Waals surface area contributed by atoms with Gasteiger partial charge in [-0.1, -0.05) is 133 Å². The lowest BCUT2D eigenvalue weighted by atomic mass is 9.92. The van der Waals surface area contributed by atoms with Crippen LogP contribution in [-0.4, -0.2) is 0 Å². The molecular formula is C31H24. The van der Waals surface area contributed by atoms with Crippen molar-refractivity contribution >= 4 is 0 Å². The number of benzene rings is 5. The van der Waals surface area contributed by atoms with Crippen LogP contribution < -0.4 is 0 Å². The predicted molar refractivity (Wildman–Crippen MR) is 133 cm³/mol. The molecule has 0 unspecified atom stereocenters. The lowest BCUT2D eigenvalue weighted by molar-refractivity contribution is 1.47.